The largest absolute Gasteiger partial charge is 0.479 e. The van der Waals surface area contributed by atoms with Crippen molar-refractivity contribution in [2.45, 2.75) is 13.0 Å². The highest BCUT2D eigenvalue weighted by Gasteiger charge is 2.18. The summed E-state index contributed by atoms with van der Waals surface area (Å²) in [6.45, 7) is 1.51. The molecule has 0 saturated heterocycles. The molecular weight excluding hydrogens is 411 g/mol. The molecule has 2 aromatic rings. The first kappa shape index (κ1) is 17.7. The van der Waals surface area contributed by atoms with Crippen LogP contribution in [0, 0.1) is 0 Å². The lowest BCUT2D eigenvalue weighted by molar-refractivity contribution is -0.128. The third-order valence-electron chi connectivity index (χ3n) is 2.66. The number of carbonyl (C=O) groups excluding carboxylic acids is 2. The first-order chi connectivity index (χ1) is 10.9. The van der Waals surface area contributed by atoms with Crippen LogP contribution in [0.2, 0.25) is 10.0 Å². The number of hydrogen-bond donors (Lipinski definition) is 2. The van der Waals surface area contributed by atoms with Gasteiger partial charge in [0.25, 0.3) is 5.91 Å². The number of halogens is 3. The van der Waals surface area contributed by atoms with E-state index in [1.807, 2.05) is 0 Å². The third-order valence-corrected chi connectivity index (χ3v) is 3.62. The third kappa shape index (κ3) is 4.89. The normalized spacial score (nSPS) is 11.7. The molecule has 1 heterocycles. The van der Waals surface area contributed by atoms with Crippen LogP contribution in [-0.4, -0.2) is 17.9 Å². The lowest BCUT2D eigenvalue weighted by Crippen LogP contribution is -2.47. The number of amides is 2. The molecule has 2 rings (SSSR count). The fourth-order valence-electron chi connectivity index (χ4n) is 1.53. The van der Waals surface area contributed by atoms with E-state index in [0.29, 0.717) is 15.4 Å². The fraction of sp³-hybridized carbons (Fsp3) is 0.143. The molecule has 0 saturated carbocycles. The van der Waals surface area contributed by atoms with Crippen LogP contribution >= 0.6 is 39.1 Å². The lowest BCUT2D eigenvalue weighted by Gasteiger charge is -2.15. The molecule has 0 aliphatic carbocycles. The summed E-state index contributed by atoms with van der Waals surface area (Å²) in [5, 5.41) is 0.734. The summed E-state index contributed by atoms with van der Waals surface area (Å²) in [4.78, 5) is 23.6. The Labute approximate surface area is 150 Å². The topological polar surface area (TPSA) is 80.6 Å². The van der Waals surface area contributed by atoms with Gasteiger partial charge in [-0.05, 0) is 53.2 Å². The van der Waals surface area contributed by atoms with Crippen molar-refractivity contribution in [3.8, 4) is 5.75 Å². The number of benzene rings is 1. The summed E-state index contributed by atoms with van der Waals surface area (Å²) in [6.07, 6.45) is -0.891. The summed E-state index contributed by atoms with van der Waals surface area (Å²) in [7, 11) is 0. The molecule has 1 unspecified atom stereocenters. The molecule has 0 fully saturated rings. The summed E-state index contributed by atoms with van der Waals surface area (Å²) in [5.74, 6) is -0.803. The number of furan rings is 1. The molecule has 2 amide bonds. The van der Waals surface area contributed by atoms with Crippen LogP contribution in [0.25, 0.3) is 0 Å². The van der Waals surface area contributed by atoms with Crippen LogP contribution in [0.1, 0.15) is 17.5 Å². The monoisotopic (exact) mass is 420 g/mol. The molecule has 0 radical (unpaired) electrons. The molecule has 1 aromatic carbocycles. The summed E-state index contributed by atoms with van der Waals surface area (Å²) < 4.78 is 10.9. The smallest absolute Gasteiger partial charge is 0.305 e. The molecule has 9 heteroatoms. The van der Waals surface area contributed by atoms with Crippen molar-refractivity contribution in [3.05, 3.63) is 50.8 Å². The zero-order valence-electron chi connectivity index (χ0n) is 11.7. The van der Waals surface area contributed by atoms with Crippen molar-refractivity contribution < 1.29 is 18.7 Å². The van der Waals surface area contributed by atoms with Crippen LogP contribution in [-0.2, 0) is 4.79 Å². The van der Waals surface area contributed by atoms with Gasteiger partial charge in [0.15, 0.2) is 16.5 Å². The average Bonchev–Trinajstić information content (AvgIpc) is 2.93. The molecule has 0 aliphatic heterocycles. The molecule has 6 nitrogen and oxygen atoms in total. The standard InChI is InChI=1S/C14H11BrCl2N2O4/c1-7(22-10-3-2-8(16)6-9(10)17)13(20)18-19-14(21)11-4-5-12(15)23-11/h2-7H,1H3,(H,18,20)(H,19,21). The van der Waals surface area contributed by atoms with Gasteiger partial charge in [0.2, 0.25) is 0 Å². The first-order valence-electron chi connectivity index (χ1n) is 6.34. The molecule has 23 heavy (non-hydrogen) atoms. The average molecular weight is 422 g/mol. The van der Waals surface area contributed by atoms with Crippen molar-refractivity contribution in [2.75, 3.05) is 0 Å². The van der Waals surface area contributed by atoms with E-state index in [2.05, 4.69) is 26.8 Å². The molecule has 2 N–H and O–H groups in total. The first-order valence-corrected chi connectivity index (χ1v) is 7.89. The Morgan fingerprint density at radius 3 is 2.57 bits per heavy atom. The Morgan fingerprint density at radius 1 is 1.22 bits per heavy atom. The Morgan fingerprint density at radius 2 is 1.96 bits per heavy atom. The SMILES string of the molecule is CC(Oc1ccc(Cl)cc1Cl)C(=O)NNC(=O)c1ccc(Br)o1. The van der Waals surface area contributed by atoms with Crippen molar-refractivity contribution in [1.29, 1.82) is 0 Å². The van der Waals surface area contributed by atoms with Crippen LogP contribution in [0.15, 0.2) is 39.4 Å². The van der Waals surface area contributed by atoms with E-state index in [-0.39, 0.29) is 10.8 Å². The van der Waals surface area contributed by atoms with Crippen molar-refractivity contribution in [3.63, 3.8) is 0 Å². The Hall–Kier alpha value is -1.70. The van der Waals surface area contributed by atoms with Gasteiger partial charge in [-0.25, -0.2) is 0 Å². The molecule has 1 aromatic heterocycles. The molecule has 122 valence electrons. The van der Waals surface area contributed by atoms with E-state index in [9.17, 15) is 9.59 Å². The van der Waals surface area contributed by atoms with E-state index in [0.717, 1.165) is 0 Å². The summed E-state index contributed by atoms with van der Waals surface area (Å²) in [6, 6.07) is 7.65. The van der Waals surface area contributed by atoms with Crippen molar-refractivity contribution >= 4 is 50.9 Å². The molecule has 0 bridgehead atoms. The second kappa shape index (κ2) is 7.72. The zero-order chi connectivity index (χ0) is 17.0. The Balaban J connectivity index is 1.88. The van der Waals surface area contributed by atoms with Gasteiger partial charge in [0, 0.05) is 5.02 Å². The highest BCUT2D eigenvalue weighted by molar-refractivity contribution is 9.10. The van der Waals surface area contributed by atoms with E-state index in [1.54, 1.807) is 18.2 Å². The van der Waals surface area contributed by atoms with Gasteiger partial charge >= 0.3 is 5.91 Å². The number of nitrogens with one attached hydrogen (secondary N) is 2. The minimum Gasteiger partial charge on any atom is -0.479 e. The lowest BCUT2D eigenvalue weighted by atomic mass is 10.3. The van der Waals surface area contributed by atoms with Gasteiger partial charge in [-0.3, -0.25) is 20.4 Å². The maximum atomic E-state index is 11.9. The van der Waals surface area contributed by atoms with Crippen LogP contribution in [0.4, 0.5) is 0 Å². The fourth-order valence-corrected chi connectivity index (χ4v) is 2.29. The predicted octanol–water partition coefficient (Wildman–Crippen LogP) is 3.58. The Kier molecular flexibility index (Phi) is 5.92. The number of carbonyl (C=O) groups is 2. The molecule has 1 atom stereocenters. The second-order valence-corrected chi connectivity index (χ2v) is 6.01. The number of ether oxygens (including phenoxy) is 1. The van der Waals surface area contributed by atoms with Gasteiger partial charge in [0.1, 0.15) is 5.75 Å². The van der Waals surface area contributed by atoms with Crippen LogP contribution < -0.4 is 15.6 Å². The minimum absolute atomic E-state index is 0.0477. The van der Waals surface area contributed by atoms with Crippen molar-refractivity contribution in [2.24, 2.45) is 0 Å². The van der Waals surface area contributed by atoms with Gasteiger partial charge in [-0.1, -0.05) is 23.2 Å². The van der Waals surface area contributed by atoms with E-state index < -0.39 is 17.9 Å². The van der Waals surface area contributed by atoms with E-state index in [4.69, 9.17) is 32.4 Å². The van der Waals surface area contributed by atoms with Gasteiger partial charge in [0.05, 0.1) is 5.02 Å². The maximum Gasteiger partial charge on any atom is 0.305 e. The van der Waals surface area contributed by atoms with Gasteiger partial charge < -0.3 is 9.15 Å². The number of hydrogen-bond acceptors (Lipinski definition) is 4. The van der Waals surface area contributed by atoms with Crippen LogP contribution in [0.5, 0.6) is 5.75 Å². The zero-order valence-corrected chi connectivity index (χ0v) is 14.8. The molecule has 0 spiro atoms. The minimum atomic E-state index is -0.891. The van der Waals surface area contributed by atoms with Crippen LogP contribution in [0.3, 0.4) is 0 Å². The van der Waals surface area contributed by atoms with E-state index >= 15 is 0 Å². The Bertz CT molecular complexity index is 735. The highest BCUT2D eigenvalue weighted by Crippen LogP contribution is 2.28. The van der Waals surface area contributed by atoms with Crippen molar-refractivity contribution in [1.82, 2.24) is 10.9 Å². The second-order valence-electron chi connectivity index (χ2n) is 4.38. The number of rotatable bonds is 4. The van der Waals surface area contributed by atoms with E-state index in [1.165, 1.54) is 19.1 Å². The molecular formula is C14H11BrCl2N2O4. The quantitative estimate of drug-likeness (QED) is 0.739. The summed E-state index contributed by atoms with van der Waals surface area (Å²) in [5.41, 5.74) is 4.45. The highest BCUT2D eigenvalue weighted by atomic mass is 79.9. The predicted molar refractivity (Wildman–Crippen MR) is 88.6 cm³/mol. The van der Waals surface area contributed by atoms with Gasteiger partial charge in [-0.15, -0.1) is 0 Å². The maximum absolute atomic E-state index is 11.9. The number of hydrazine groups is 1. The molecule has 0 aliphatic rings. The summed E-state index contributed by atoms with van der Waals surface area (Å²) >= 11 is 14.8. The van der Waals surface area contributed by atoms with Gasteiger partial charge in [-0.2, -0.15) is 0 Å².